The van der Waals surface area contributed by atoms with E-state index in [0.717, 1.165) is 69.6 Å². The van der Waals surface area contributed by atoms with Gasteiger partial charge in [0.15, 0.2) is 23.0 Å². The maximum atomic E-state index is 6.52. The van der Waals surface area contributed by atoms with Gasteiger partial charge in [-0.15, -0.1) is 0 Å². The fourth-order valence-corrected chi connectivity index (χ4v) is 6.34. The maximum Gasteiger partial charge on any atom is 0.174 e. The minimum atomic E-state index is -0.657. The lowest BCUT2D eigenvalue weighted by Gasteiger charge is -2.37. The standard InChI is InChI=1S/C33H30O4/c1-5-15-34-25-17-27-31(36-27)19(3)29(25)33(30-20(4)32-28(37-32)18-26(30)35-16-6-2)23-13-9-7-11-21(23)22-12-8-10-14-24(22)33/h7-14,17-18H,5-6,15-16H2,1-4H3. The highest BCUT2D eigenvalue weighted by atomic mass is 16.6. The van der Waals surface area contributed by atoms with Crippen LogP contribution in [0, 0.1) is 13.8 Å². The molecule has 0 fully saturated rings. The lowest BCUT2D eigenvalue weighted by Crippen LogP contribution is -2.31. The Hall–Kier alpha value is -3.92. The zero-order valence-electron chi connectivity index (χ0n) is 21.7. The largest absolute Gasteiger partial charge is 0.493 e. The number of hydrogen-bond donors (Lipinski definition) is 0. The van der Waals surface area contributed by atoms with Crippen molar-refractivity contribution < 1.29 is 18.9 Å². The molecule has 2 heterocycles. The monoisotopic (exact) mass is 490 g/mol. The van der Waals surface area contributed by atoms with E-state index in [2.05, 4.69) is 88.4 Å². The van der Waals surface area contributed by atoms with Crippen molar-refractivity contribution in [2.75, 3.05) is 13.2 Å². The topological polar surface area (TPSA) is 43.5 Å². The molecule has 4 heteroatoms. The van der Waals surface area contributed by atoms with Crippen LogP contribution in [-0.2, 0) is 5.41 Å². The van der Waals surface area contributed by atoms with Gasteiger partial charge < -0.3 is 18.9 Å². The van der Waals surface area contributed by atoms with Gasteiger partial charge >= 0.3 is 0 Å². The average molecular weight is 491 g/mol. The van der Waals surface area contributed by atoms with Gasteiger partial charge in [-0.1, -0.05) is 62.4 Å². The van der Waals surface area contributed by atoms with E-state index in [0.29, 0.717) is 13.2 Å². The van der Waals surface area contributed by atoms with E-state index in [9.17, 15) is 0 Å². The van der Waals surface area contributed by atoms with Crippen molar-refractivity contribution in [2.45, 2.75) is 46.0 Å². The first-order valence-corrected chi connectivity index (χ1v) is 13.3. The lowest BCUT2D eigenvalue weighted by atomic mass is 9.64. The third-order valence-corrected chi connectivity index (χ3v) is 7.86. The second kappa shape index (κ2) is 8.04. The Morgan fingerprint density at radius 2 is 1.08 bits per heavy atom. The minimum Gasteiger partial charge on any atom is -0.493 e. The van der Waals surface area contributed by atoms with E-state index in [-0.39, 0.29) is 0 Å². The molecule has 0 unspecified atom stereocenters. The second-order valence-electron chi connectivity index (χ2n) is 10.1. The molecule has 0 bridgehead atoms. The summed E-state index contributed by atoms with van der Waals surface area (Å²) in [6.45, 7) is 9.88. The molecule has 4 aromatic rings. The van der Waals surface area contributed by atoms with Crippen molar-refractivity contribution >= 4 is 0 Å². The molecule has 4 nitrogen and oxygen atoms in total. The molecule has 0 N–H and O–H groups in total. The SMILES string of the molecule is CCCOc1cc2c(c(C)c1C1(c3c(OCCC)cc4c(c3C)O4)c3ccccc3-c3ccccc31)O2. The van der Waals surface area contributed by atoms with Crippen LogP contribution >= 0.6 is 0 Å². The van der Waals surface area contributed by atoms with Gasteiger partial charge in [0.2, 0.25) is 0 Å². The highest BCUT2D eigenvalue weighted by Crippen LogP contribution is 2.66. The highest BCUT2D eigenvalue weighted by molar-refractivity contribution is 5.90. The van der Waals surface area contributed by atoms with Crippen LogP contribution in [0.1, 0.15) is 60.1 Å². The summed E-state index contributed by atoms with van der Waals surface area (Å²) in [7, 11) is 0. The van der Waals surface area contributed by atoms with Crippen LogP contribution in [0.4, 0.5) is 0 Å². The van der Waals surface area contributed by atoms with Crippen LogP contribution in [0.25, 0.3) is 11.1 Å². The average Bonchev–Trinajstić information content (AvgIpc) is 3.84. The van der Waals surface area contributed by atoms with Crippen LogP contribution < -0.4 is 18.9 Å². The van der Waals surface area contributed by atoms with E-state index < -0.39 is 5.41 Å². The minimum absolute atomic E-state index is 0.635. The van der Waals surface area contributed by atoms with Gasteiger partial charge in [-0.2, -0.15) is 0 Å². The van der Waals surface area contributed by atoms with Crippen LogP contribution in [0.5, 0.6) is 34.5 Å². The molecule has 0 amide bonds. The van der Waals surface area contributed by atoms with Gasteiger partial charge in [-0.05, 0) is 48.9 Å². The van der Waals surface area contributed by atoms with E-state index in [1.165, 1.54) is 22.3 Å². The summed E-state index contributed by atoms with van der Waals surface area (Å²) in [5, 5.41) is 0. The van der Waals surface area contributed by atoms with Gasteiger partial charge in [-0.25, -0.2) is 0 Å². The molecule has 0 atom stereocenters. The first kappa shape index (κ1) is 22.3. The summed E-state index contributed by atoms with van der Waals surface area (Å²) in [5.74, 6) is 5.46. The molecule has 3 aliphatic rings. The Bertz CT molecular complexity index is 1460. The van der Waals surface area contributed by atoms with E-state index in [4.69, 9.17) is 18.9 Å². The first-order chi connectivity index (χ1) is 18.1. The number of fused-ring (bicyclic) bond motifs is 5. The summed E-state index contributed by atoms with van der Waals surface area (Å²) in [5.41, 5.74) is 8.74. The van der Waals surface area contributed by atoms with Crippen molar-refractivity contribution in [3.8, 4) is 45.6 Å². The Morgan fingerprint density at radius 3 is 1.51 bits per heavy atom. The quantitative estimate of drug-likeness (QED) is 0.200. The van der Waals surface area contributed by atoms with Crippen molar-refractivity contribution in [1.82, 2.24) is 0 Å². The molecule has 7 rings (SSSR count). The number of ether oxygens (including phenoxy) is 4. The van der Waals surface area contributed by atoms with Gasteiger partial charge in [0.1, 0.15) is 11.5 Å². The molecule has 0 aromatic heterocycles. The predicted octanol–water partition coefficient (Wildman–Crippen LogP) is 8.46. The van der Waals surface area contributed by atoms with Crippen LogP contribution in [-0.4, -0.2) is 13.2 Å². The van der Waals surface area contributed by atoms with Crippen molar-refractivity contribution in [3.63, 3.8) is 0 Å². The molecule has 0 radical (unpaired) electrons. The van der Waals surface area contributed by atoms with E-state index >= 15 is 0 Å². The van der Waals surface area contributed by atoms with Gasteiger partial charge in [0.05, 0.1) is 18.6 Å². The normalized spacial score (nSPS) is 14.5. The predicted molar refractivity (Wildman–Crippen MR) is 145 cm³/mol. The third kappa shape index (κ3) is 3.02. The number of rotatable bonds is 8. The summed E-state index contributed by atoms with van der Waals surface area (Å²) in [4.78, 5) is 0. The van der Waals surface area contributed by atoms with Crippen molar-refractivity contribution in [3.05, 3.63) is 94.0 Å². The number of benzene rings is 4. The summed E-state index contributed by atoms with van der Waals surface area (Å²) < 4.78 is 25.0. The zero-order valence-corrected chi connectivity index (χ0v) is 21.7. The van der Waals surface area contributed by atoms with Crippen LogP contribution in [0.2, 0.25) is 0 Å². The van der Waals surface area contributed by atoms with E-state index in [1.54, 1.807) is 0 Å². The molecule has 0 spiro atoms. The summed E-state index contributed by atoms with van der Waals surface area (Å²) in [6, 6.07) is 21.7. The first-order valence-electron chi connectivity index (χ1n) is 13.3. The molecule has 186 valence electrons. The fraction of sp³-hybridized carbons (Fsp3) is 0.273. The molecule has 1 aliphatic carbocycles. The summed E-state index contributed by atoms with van der Waals surface area (Å²) in [6.07, 6.45) is 1.85. The van der Waals surface area contributed by atoms with Crippen LogP contribution in [0.15, 0.2) is 60.7 Å². The Labute approximate surface area is 217 Å². The molecular weight excluding hydrogens is 460 g/mol. The molecule has 0 saturated heterocycles. The fourth-order valence-electron chi connectivity index (χ4n) is 6.34. The second-order valence-corrected chi connectivity index (χ2v) is 10.1. The molecular formula is C33H30O4. The lowest BCUT2D eigenvalue weighted by molar-refractivity contribution is 0.305. The summed E-state index contributed by atoms with van der Waals surface area (Å²) >= 11 is 0. The smallest absolute Gasteiger partial charge is 0.174 e. The molecule has 2 aliphatic heterocycles. The van der Waals surface area contributed by atoms with E-state index in [1.807, 2.05) is 0 Å². The Morgan fingerprint density at radius 1 is 0.649 bits per heavy atom. The zero-order chi connectivity index (χ0) is 25.3. The van der Waals surface area contributed by atoms with Gasteiger partial charge in [-0.3, -0.25) is 0 Å². The molecule has 37 heavy (non-hydrogen) atoms. The highest BCUT2D eigenvalue weighted by Gasteiger charge is 2.53. The van der Waals surface area contributed by atoms with Crippen molar-refractivity contribution in [2.24, 2.45) is 0 Å². The third-order valence-electron chi connectivity index (χ3n) is 7.86. The molecule has 0 saturated carbocycles. The maximum absolute atomic E-state index is 6.52. The van der Waals surface area contributed by atoms with Gasteiger partial charge in [0, 0.05) is 34.4 Å². The van der Waals surface area contributed by atoms with Crippen LogP contribution in [0.3, 0.4) is 0 Å². The molecule has 4 aromatic carbocycles. The Kier molecular flexibility index (Phi) is 4.84. The van der Waals surface area contributed by atoms with Crippen molar-refractivity contribution in [1.29, 1.82) is 0 Å². The Balaban J connectivity index is 1.66. The number of hydrogen-bond acceptors (Lipinski definition) is 4. The van der Waals surface area contributed by atoms with Gasteiger partial charge in [0.25, 0.3) is 0 Å².